The molecule has 1 aliphatic rings. The summed E-state index contributed by atoms with van der Waals surface area (Å²) in [5, 5.41) is 3.78. The van der Waals surface area contributed by atoms with Gasteiger partial charge in [0.2, 0.25) is 11.8 Å². The van der Waals surface area contributed by atoms with Crippen molar-refractivity contribution in [1.29, 1.82) is 0 Å². The molecule has 2 amide bonds. The number of carbonyl (C=O) groups excluding carboxylic acids is 2. The number of amides is 2. The van der Waals surface area contributed by atoms with E-state index in [1.54, 1.807) is 48.5 Å². The quantitative estimate of drug-likeness (QED) is 0.234. The van der Waals surface area contributed by atoms with Crippen molar-refractivity contribution < 1.29 is 22.7 Å². The van der Waals surface area contributed by atoms with E-state index in [2.05, 4.69) is 5.32 Å². The number of sulfonamides is 1. The zero-order valence-electron chi connectivity index (χ0n) is 25.5. The summed E-state index contributed by atoms with van der Waals surface area (Å²) < 4.78 is 35.1. The summed E-state index contributed by atoms with van der Waals surface area (Å²) in [6.07, 6.45) is 4.11. The molecule has 1 N–H and O–H groups in total. The standard InChI is InChI=1S/C33H39Cl2N3O5S/c1-5-29(33(40)36-24-9-6-7-10-24)37(20-26-27(34)11-8-12-28(26)35)32(39)21-38(30-19-23(3)15-18-31(30)43-4)44(41,42)25-16-13-22(2)14-17-25/h8,11-19,24,29H,5-7,9-10,20-21H2,1-4H3,(H,36,40)/t29-/m0/s1. The predicted molar refractivity (Wildman–Crippen MR) is 175 cm³/mol. The Hall–Kier alpha value is -3.27. The maximum absolute atomic E-state index is 14.4. The molecular weight excluding hydrogens is 621 g/mol. The summed E-state index contributed by atoms with van der Waals surface area (Å²) in [4.78, 5) is 29.5. The number of halogens is 2. The zero-order valence-corrected chi connectivity index (χ0v) is 27.8. The van der Waals surface area contributed by atoms with Crippen molar-refractivity contribution in [1.82, 2.24) is 10.2 Å². The van der Waals surface area contributed by atoms with Gasteiger partial charge in [0, 0.05) is 28.2 Å². The van der Waals surface area contributed by atoms with Crippen LogP contribution in [0.3, 0.4) is 0 Å². The highest BCUT2D eigenvalue weighted by Gasteiger charge is 2.36. The molecule has 4 rings (SSSR count). The van der Waals surface area contributed by atoms with E-state index in [0.717, 1.165) is 41.1 Å². The van der Waals surface area contributed by atoms with Crippen LogP contribution < -0.4 is 14.4 Å². The number of carbonyl (C=O) groups is 2. The van der Waals surface area contributed by atoms with Crippen LogP contribution in [0.15, 0.2) is 65.6 Å². The Morgan fingerprint density at radius 1 is 0.977 bits per heavy atom. The Morgan fingerprint density at radius 2 is 1.59 bits per heavy atom. The highest BCUT2D eigenvalue weighted by molar-refractivity contribution is 7.92. The van der Waals surface area contributed by atoms with Gasteiger partial charge in [-0.1, -0.05) is 72.8 Å². The smallest absolute Gasteiger partial charge is 0.264 e. The van der Waals surface area contributed by atoms with Gasteiger partial charge >= 0.3 is 0 Å². The molecule has 11 heteroatoms. The second-order valence-corrected chi connectivity index (χ2v) is 13.8. The van der Waals surface area contributed by atoms with Crippen LogP contribution in [0.25, 0.3) is 0 Å². The van der Waals surface area contributed by atoms with Gasteiger partial charge in [-0.3, -0.25) is 13.9 Å². The van der Waals surface area contributed by atoms with Gasteiger partial charge in [-0.05, 0) is 75.1 Å². The molecule has 1 aliphatic carbocycles. The number of ether oxygens (including phenoxy) is 1. The average molecular weight is 661 g/mol. The molecule has 44 heavy (non-hydrogen) atoms. The fourth-order valence-corrected chi connectivity index (χ4v) is 7.42. The molecule has 0 aliphatic heterocycles. The number of benzene rings is 3. The average Bonchev–Trinajstić information content (AvgIpc) is 3.50. The Morgan fingerprint density at radius 3 is 2.18 bits per heavy atom. The van der Waals surface area contributed by atoms with Gasteiger partial charge in [0.15, 0.2) is 0 Å². The first kappa shape index (κ1) is 33.6. The van der Waals surface area contributed by atoms with Crippen molar-refractivity contribution in [2.45, 2.75) is 76.4 Å². The van der Waals surface area contributed by atoms with Gasteiger partial charge in [-0.15, -0.1) is 0 Å². The topological polar surface area (TPSA) is 96.0 Å². The summed E-state index contributed by atoms with van der Waals surface area (Å²) in [7, 11) is -2.81. The van der Waals surface area contributed by atoms with Gasteiger partial charge in [-0.2, -0.15) is 0 Å². The van der Waals surface area contributed by atoms with Gasteiger partial charge in [0.25, 0.3) is 10.0 Å². The molecule has 1 atom stereocenters. The summed E-state index contributed by atoms with van der Waals surface area (Å²) in [6.45, 7) is 4.83. The molecular formula is C33H39Cl2N3O5S. The summed E-state index contributed by atoms with van der Waals surface area (Å²) in [5.74, 6) is -0.600. The Bertz CT molecular complexity index is 1570. The number of nitrogens with zero attached hydrogens (tertiary/aromatic N) is 2. The Kier molecular flexibility index (Phi) is 11.2. The van der Waals surface area contributed by atoms with Gasteiger partial charge in [0.05, 0.1) is 17.7 Å². The first-order valence-electron chi connectivity index (χ1n) is 14.7. The van der Waals surface area contributed by atoms with Crippen molar-refractivity contribution >= 4 is 50.7 Å². The van der Waals surface area contributed by atoms with Crippen molar-refractivity contribution in [3.63, 3.8) is 0 Å². The van der Waals surface area contributed by atoms with Crippen molar-refractivity contribution in [2.24, 2.45) is 0 Å². The van der Waals surface area contributed by atoms with Crippen LogP contribution in [-0.2, 0) is 26.2 Å². The minimum Gasteiger partial charge on any atom is -0.495 e. The Labute approximate surface area is 270 Å². The van der Waals surface area contributed by atoms with Crippen LogP contribution in [0.1, 0.15) is 55.7 Å². The molecule has 0 radical (unpaired) electrons. The van der Waals surface area contributed by atoms with Crippen LogP contribution in [0, 0.1) is 13.8 Å². The lowest BCUT2D eigenvalue weighted by atomic mass is 10.1. The van der Waals surface area contributed by atoms with E-state index in [-0.39, 0.29) is 34.8 Å². The summed E-state index contributed by atoms with van der Waals surface area (Å²) >= 11 is 13.0. The molecule has 3 aromatic rings. The van der Waals surface area contributed by atoms with Gasteiger partial charge < -0.3 is 15.0 Å². The number of rotatable bonds is 12. The zero-order chi connectivity index (χ0) is 32.0. The van der Waals surface area contributed by atoms with E-state index in [4.69, 9.17) is 27.9 Å². The number of hydrogen-bond acceptors (Lipinski definition) is 5. The summed E-state index contributed by atoms with van der Waals surface area (Å²) in [6, 6.07) is 15.7. The largest absolute Gasteiger partial charge is 0.495 e. The van der Waals surface area contributed by atoms with Gasteiger partial charge in [-0.25, -0.2) is 8.42 Å². The van der Waals surface area contributed by atoms with Gasteiger partial charge in [0.1, 0.15) is 18.3 Å². The van der Waals surface area contributed by atoms with Crippen LogP contribution in [0.4, 0.5) is 5.69 Å². The maximum atomic E-state index is 14.4. The van der Waals surface area contributed by atoms with E-state index in [0.29, 0.717) is 22.0 Å². The van der Waals surface area contributed by atoms with E-state index >= 15 is 0 Å². The number of aryl methyl sites for hydroxylation is 2. The highest BCUT2D eigenvalue weighted by Crippen LogP contribution is 2.34. The minimum absolute atomic E-state index is 0.0196. The van der Waals surface area contributed by atoms with E-state index in [9.17, 15) is 18.0 Å². The number of methoxy groups -OCH3 is 1. The highest BCUT2D eigenvalue weighted by atomic mass is 35.5. The fourth-order valence-electron chi connectivity index (χ4n) is 5.49. The second-order valence-electron chi connectivity index (χ2n) is 11.1. The van der Waals surface area contributed by atoms with Crippen molar-refractivity contribution in [2.75, 3.05) is 18.0 Å². The molecule has 1 saturated carbocycles. The molecule has 1 fully saturated rings. The third-order valence-corrected chi connectivity index (χ3v) is 10.5. The van der Waals surface area contributed by atoms with Crippen molar-refractivity contribution in [3.8, 4) is 5.75 Å². The van der Waals surface area contributed by atoms with E-state index in [1.165, 1.54) is 24.1 Å². The predicted octanol–water partition coefficient (Wildman–Crippen LogP) is 6.68. The van der Waals surface area contributed by atoms with E-state index < -0.39 is 28.5 Å². The first-order valence-corrected chi connectivity index (χ1v) is 16.9. The lowest BCUT2D eigenvalue weighted by Crippen LogP contribution is -2.53. The normalized spacial score (nSPS) is 14.2. The fraction of sp³-hybridized carbons (Fsp3) is 0.394. The third-order valence-electron chi connectivity index (χ3n) is 7.97. The monoisotopic (exact) mass is 659 g/mol. The molecule has 0 aromatic heterocycles. The molecule has 3 aromatic carbocycles. The van der Waals surface area contributed by atoms with Crippen molar-refractivity contribution in [3.05, 3.63) is 87.4 Å². The van der Waals surface area contributed by atoms with Crippen LogP contribution >= 0.6 is 23.2 Å². The molecule has 236 valence electrons. The van der Waals surface area contributed by atoms with E-state index in [1.807, 2.05) is 20.8 Å². The lowest BCUT2D eigenvalue weighted by Gasteiger charge is -2.34. The molecule has 8 nitrogen and oxygen atoms in total. The van der Waals surface area contributed by atoms with Crippen LogP contribution in [-0.4, -0.2) is 50.9 Å². The Balaban J connectivity index is 1.80. The number of nitrogens with one attached hydrogen (secondary N) is 1. The first-order chi connectivity index (χ1) is 21.0. The summed E-state index contributed by atoms with van der Waals surface area (Å²) in [5.41, 5.74) is 2.35. The molecule has 0 unspecified atom stereocenters. The molecule has 0 saturated heterocycles. The number of anilines is 1. The second kappa shape index (κ2) is 14.7. The SMILES string of the molecule is CC[C@@H](C(=O)NC1CCCC1)N(Cc1c(Cl)cccc1Cl)C(=O)CN(c1cc(C)ccc1OC)S(=O)(=O)c1ccc(C)cc1. The number of hydrogen-bond donors (Lipinski definition) is 1. The van der Waals surface area contributed by atoms with Crippen LogP contribution in [0.2, 0.25) is 10.0 Å². The van der Waals surface area contributed by atoms with Crippen LogP contribution in [0.5, 0.6) is 5.75 Å². The maximum Gasteiger partial charge on any atom is 0.264 e. The third kappa shape index (κ3) is 7.68. The lowest BCUT2D eigenvalue weighted by molar-refractivity contribution is -0.140. The molecule has 0 bridgehead atoms. The molecule has 0 heterocycles. The minimum atomic E-state index is -4.26. The molecule has 0 spiro atoms.